The molecule has 0 atom stereocenters. The number of nitrogens with two attached hydrogens (primary N) is 1. The summed E-state index contributed by atoms with van der Waals surface area (Å²) in [6.07, 6.45) is 6.79. The van der Waals surface area contributed by atoms with Gasteiger partial charge in [-0.3, -0.25) is 10.1 Å². The number of nitrogens with zero attached hydrogens (tertiary/aromatic N) is 3. The highest BCUT2D eigenvalue weighted by molar-refractivity contribution is 5.67. The Morgan fingerprint density at radius 3 is 2.68 bits per heavy atom. The second-order valence-corrected chi connectivity index (χ2v) is 4.98. The summed E-state index contributed by atoms with van der Waals surface area (Å²) < 4.78 is 0. The second kappa shape index (κ2) is 5.81. The molecule has 2 rings (SSSR count). The van der Waals surface area contributed by atoms with E-state index in [9.17, 15) is 10.1 Å². The zero-order valence-electron chi connectivity index (χ0n) is 11.0. The summed E-state index contributed by atoms with van der Waals surface area (Å²) in [5, 5.41) is 14.1. The predicted molar refractivity (Wildman–Crippen MR) is 72.8 cm³/mol. The molecule has 1 aliphatic carbocycles. The summed E-state index contributed by atoms with van der Waals surface area (Å²) in [6, 6.07) is 0.232. The average Bonchev–Trinajstić information content (AvgIpc) is 2.39. The Hall–Kier alpha value is -1.92. The molecule has 1 aromatic rings. The van der Waals surface area contributed by atoms with E-state index in [0.717, 1.165) is 31.6 Å². The molecule has 1 aliphatic rings. The lowest BCUT2D eigenvalue weighted by molar-refractivity contribution is -0.383. The minimum absolute atomic E-state index is 0.0928. The molecule has 0 saturated heterocycles. The van der Waals surface area contributed by atoms with Crippen LogP contribution in [0, 0.1) is 16.0 Å². The molecule has 0 spiro atoms. The van der Waals surface area contributed by atoms with E-state index in [2.05, 4.69) is 22.2 Å². The number of aromatic nitrogens is 2. The van der Waals surface area contributed by atoms with Crippen LogP contribution in [-0.2, 0) is 0 Å². The van der Waals surface area contributed by atoms with E-state index in [0.29, 0.717) is 0 Å². The molecule has 0 amide bonds. The van der Waals surface area contributed by atoms with Crippen LogP contribution < -0.4 is 11.1 Å². The zero-order chi connectivity index (χ0) is 13.8. The molecule has 1 aromatic heterocycles. The Morgan fingerprint density at radius 1 is 1.42 bits per heavy atom. The van der Waals surface area contributed by atoms with E-state index in [1.54, 1.807) is 0 Å². The molecular formula is C12H19N5O2. The second-order valence-electron chi connectivity index (χ2n) is 4.98. The lowest BCUT2D eigenvalue weighted by atomic mass is 9.84. The smallest absolute Gasteiger partial charge is 0.352 e. The van der Waals surface area contributed by atoms with Gasteiger partial charge in [0.15, 0.2) is 0 Å². The van der Waals surface area contributed by atoms with E-state index in [4.69, 9.17) is 5.73 Å². The first kappa shape index (κ1) is 13.5. The Morgan fingerprint density at radius 2 is 2.11 bits per heavy atom. The van der Waals surface area contributed by atoms with Crippen molar-refractivity contribution in [2.45, 2.75) is 45.1 Å². The topological polar surface area (TPSA) is 107 Å². The maximum absolute atomic E-state index is 11.0. The molecule has 0 unspecified atom stereocenters. The van der Waals surface area contributed by atoms with Crippen LogP contribution in [0.4, 0.5) is 17.3 Å². The third kappa shape index (κ3) is 3.10. The van der Waals surface area contributed by atoms with Crippen molar-refractivity contribution in [1.82, 2.24) is 9.97 Å². The van der Waals surface area contributed by atoms with Gasteiger partial charge in [-0.15, -0.1) is 0 Å². The first-order valence-corrected chi connectivity index (χ1v) is 6.63. The van der Waals surface area contributed by atoms with Crippen molar-refractivity contribution in [1.29, 1.82) is 0 Å². The number of hydrogen-bond donors (Lipinski definition) is 2. The van der Waals surface area contributed by atoms with Gasteiger partial charge in [0.2, 0.25) is 11.6 Å². The molecule has 0 aliphatic heterocycles. The predicted octanol–water partition coefficient (Wildman–Crippen LogP) is 2.35. The van der Waals surface area contributed by atoms with Crippen LogP contribution in [-0.4, -0.2) is 20.9 Å². The summed E-state index contributed by atoms with van der Waals surface area (Å²) in [5.74, 6) is 0.922. The molecule has 104 valence electrons. The van der Waals surface area contributed by atoms with Crippen molar-refractivity contribution in [3.05, 3.63) is 16.4 Å². The molecule has 1 saturated carbocycles. The summed E-state index contributed by atoms with van der Waals surface area (Å²) in [4.78, 5) is 18.1. The largest absolute Gasteiger partial charge is 0.378 e. The van der Waals surface area contributed by atoms with Gasteiger partial charge in [0.05, 0.1) is 4.92 Å². The fourth-order valence-electron chi connectivity index (χ4n) is 2.59. The van der Waals surface area contributed by atoms with Crippen LogP contribution in [0.5, 0.6) is 0 Å². The van der Waals surface area contributed by atoms with E-state index in [-0.39, 0.29) is 23.4 Å². The Balaban J connectivity index is 2.08. The van der Waals surface area contributed by atoms with Crippen molar-refractivity contribution in [3.8, 4) is 0 Å². The summed E-state index contributed by atoms with van der Waals surface area (Å²) in [6.45, 7) is 2.20. The number of rotatable bonds is 4. The molecule has 7 nitrogen and oxygen atoms in total. The Kier molecular flexibility index (Phi) is 4.13. The Bertz CT molecular complexity index is 457. The Labute approximate surface area is 111 Å². The third-order valence-electron chi connectivity index (χ3n) is 3.80. The lowest BCUT2D eigenvalue weighted by Gasteiger charge is -2.28. The van der Waals surface area contributed by atoms with Crippen LogP contribution in [0.15, 0.2) is 6.33 Å². The molecule has 3 N–H and O–H groups in total. The average molecular weight is 265 g/mol. The first-order valence-electron chi connectivity index (χ1n) is 6.63. The first-order chi connectivity index (χ1) is 9.11. The van der Waals surface area contributed by atoms with Gasteiger partial charge >= 0.3 is 5.69 Å². The van der Waals surface area contributed by atoms with Crippen LogP contribution in [0.2, 0.25) is 0 Å². The van der Waals surface area contributed by atoms with Crippen molar-refractivity contribution in [2.75, 3.05) is 11.1 Å². The van der Waals surface area contributed by atoms with Gasteiger partial charge in [-0.1, -0.05) is 13.3 Å². The number of anilines is 2. The maximum Gasteiger partial charge on any atom is 0.352 e. The van der Waals surface area contributed by atoms with Gasteiger partial charge in [0.25, 0.3) is 0 Å². The van der Waals surface area contributed by atoms with Gasteiger partial charge in [0, 0.05) is 6.04 Å². The summed E-state index contributed by atoms with van der Waals surface area (Å²) in [7, 11) is 0. The molecule has 0 aromatic carbocycles. The highest BCUT2D eigenvalue weighted by Gasteiger charge is 2.25. The molecule has 19 heavy (non-hydrogen) atoms. The van der Waals surface area contributed by atoms with Gasteiger partial charge < -0.3 is 11.1 Å². The standard InChI is InChI=1S/C12H19N5O2/c1-2-8-3-5-9(6-4-8)16-12-10(17(18)19)11(13)14-7-15-12/h7-9H,2-6H2,1H3,(H3,13,14,15,16). The molecule has 0 radical (unpaired) electrons. The quantitative estimate of drug-likeness (QED) is 0.639. The van der Waals surface area contributed by atoms with Crippen LogP contribution >= 0.6 is 0 Å². The highest BCUT2D eigenvalue weighted by atomic mass is 16.6. The van der Waals surface area contributed by atoms with Gasteiger partial charge in [-0.05, 0) is 31.6 Å². The van der Waals surface area contributed by atoms with Gasteiger partial charge in [0.1, 0.15) is 6.33 Å². The van der Waals surface area contributed by atoms with E-state index >= 15 is 0 Å². The fraction of sp³-hybridized carbons (Fsp3) is 0.667. The molecular weight excluding hydrogens is 246 g/mol. The van der Waals surface area contributed by atoms with Gasteiger partial charge in [-0.25, -0.2) is 9.97 Å². The van der Waals surface area contributed by atoms with E-state index in [1.807, 2.05) is 0 Å². The van der Waals surface area contributed by atoms with Crippen molar-refractivity contribution in [2.24, 2.45) is 5.92 Å². The summed E-state index contributed by atoms with van der Waals surface area (Å²) >= 11 is 0. The number of nitro groups is 1. The molecule has 1 fully saturated rings. The number of hydrogen-bond acceptors (Lipinski definition) is 6. The molecule has 1 heterocycles. The van der Waals surface area contributed by atoms with Crippen molar-refractivity contribution in [3.63, 3.8) is 0 Å². The third-order valence-corrected chi connectivity index (χ3v) is 3.80. The number of nitrogens with one attached hydrogen (secondary N) is 1. The van der Waals surface area contributed by atoms with E-state index < -0.39 is 4.92 Å². The SMILES string of the molecule is CCC1CCC(Nc2ncnc(N)c2[N+](=O)[O-])CC1. The van der Waals surface area contributed by atoms with Crippen molar-refractivity contribution < 1.29 is 4.92 Å². The van der Waals surface area contributed by atoms with Crippen LogP contribution in [0.25, 0.3) is 0 Å². The van der Waals surface area contributed by atoms with E-state index in [1.165, 1.54) is 12.7 Å². The zero-order valence-corrected chi connectivity index (χ0v) is 11.0. The molecule has 0 bridgehead atoms. The minimum atomic E-state index is -0.532. The van der Waals surface area contributed by atoms with Crippen LogP contribution in [0.3, 0.4) is 0 Å². The number of nitrogen functional groups attached to an aromatic ring is 1. The van der Waals surface area contributed by atoms with Crippen LogP contribution in [0.1, 0.15) is 39.0 Å². The van der Waals surface area contributed by atoms with Crippen molar-refractivity contribution >= 4 is 17.3 Å². The monoisotopic (exact) mass is 265 g/mol. The highest BCUT2D eigenvalue weighted by Crippen LogP contribution is 2.31. The molecule has 7 heteroatoms. The fourth-order valence-corrected chi connectivity index (χ4v) is 2.59. The van der Waals surface area contributed by atoms with Gasteiger partial charge in [-0.2, -0.15) is 0 Å². The lowest BCUT2D eigenvalue weighted by Crippen LogP contribution is -2.27. The summed E-state index contributed by atoms with van der Waals surface area (Å²) in [5.41, 5.74) is 5.32. The minimum Gasteiger partial charge on any atom is -0.378 e. The maximum atomic E-state index is 11.0. The normalized spacial score (nSPS) is 23.0.